The molecule has 0 unspecified atom stereocenters. The lowest BCUT2D eigenvalue weighted by Crippen LogP contribution is -2.47. The maximum atomic E-state index is 10.9. The van der Waals surface area contributed by atoms with Crippen LogP contribution in [-0.4, -0.2) is 33.3 Å². The molecule has 10 heavy (non-hydrogen) atoms. The predicted octanol–water partition coefficient (Wildman–Crippen LogP) is 1.06. The zero-order chi connectivity index (χ0) is 7.14. The predicted molar refractivity (Wildman–Crippen MR) is 45.3 cm³/mol. The number of amides is 1. The van der Waals surface area contributed by atoms with Gasteiger partial charge >= 0.3 is 0 Å². The first-order chi connectivity index (χ1) is 4.81. The largest absolute Gasteiger partial charge is 0.329 e. The third-order valence-electron chi connectivity index (χ3n) is 1.94. The molecule has 0 radical (unpaired) electrons. The number of carbonyl (C=O) groups is 1. The molecule has 0 aromatic heterocycles. The Morgan fingerprint density at radius 1 is 1.80 bits per heavy atom. The molecule has 2 atom stereocenters. The Bertz CT molecular complexity index is 175. The van der Waals surface area contributed by atoms with E-state index in [1.54, 1.807) is 0 Å². The minimum absolute atomic E-state index is 0.334. The average Bonchev–Trinajstić information content (AvgIpc) is 2.26. The molecule has 0 aromatic carbocycles. The number of β-lactam (4-membered cyclic amide) rings is 1. The van der Waals surface area contributed by atoms with E-state index in [0.29, 0.717) is 16.5 Å². The van der Waals surface area contributed by atoms with Crippen LogP contribution in [0.15, 0.2) is 0 Å². The van der Waals surface area contributed by atoms with Crippen molar-refractivity contribution in [1.29, 1.82) is 0 Å². The number of alkyl halides is 1. The van der Waals surface area contributed by atoms with Crippen LogP contribution >= 0.6 is 27.7 Å². The van der Waals surface area contributed by atoms with Gasteiger partial charge in [-0.15, -0.1) is 11.8 Å². The Morgan fingerprint density at radius 2 is 2.60 bits per heavy atom. The van der Waals surface area contributed by atoms with Gasteiger partial charge in [0.15, 0.2) is 0 Å². The summed E-state index contributed by atoms with van der Waals surface area (Å²) in [5.41, 5.74) is 0. The second-order valence-electron chi connectivity index (χ2n) is 2.62. The molecule has 2 nitrogen and oxygen atoms in total. The van der Waals surface area contributed by atoms with Gasteiger partial charge in [-0.1, -0.05) is 15.9 Å². The lowest BCUT2D eigenvalue weighted by Gasteiger charge is -2.32. The van der Waals surface area contributed by atoms with Crippen molar-refractivity contribution in [2.45, 2.75) is 17.0 Å². The Kier molecular flexibility index (Phi) is 1.68. The van der Waals surface area contributed by atoms with Gasteiger partial charge in [0, 0.05) is 17.1 Å². The molecular formula is C6H8BrNOS. The molecule has 0 aromatic rings. The molecule has 2 saturated heterocycles. The number of hydrogen-bond donors (Lipinski definition) is 0. The Labute approximate surface area is 72.5 Å². The van der Waals surface area contributed by atoms with Gasteiger partial charge in [0.25, 0.3) is 0 Å². The van der Waals surface area contributed by atoms with Gasteiger partial charge in [-0.05, 0) is 0 Å². The van der Waals surface area contributed by atoms with Gasteiger partial charge in [-0.2, -0.15) is 0 Å². The molecule has 4 heteroatoms. The quantitative estimate of drug-likeness (QED) is 0.488. The molecule has 0 aliphatic carbocycles. The van der Waals surface area contributed by atoms with Crippen molar-refractivity contribution < 1.29 is 4.79 Å². The van der Waals surface area contributed by atoms with Gasteiger partial charge < -0.3 is 4.90 Å². The summed E-state index contributed by atoms with van der Waals surface area (Å²) in [7, 11) is 0. The fraction of sp³-hybridized carbons (Fsp3) is 0.833. The third-order valence-corrected chi connectivity index (χ3v) is 4.59. The fourth-order valence-electron chi connectivity index (χ4n) is 1.34. The zero-order valence-electron chi connectivity index (χ0n) is 5.42. The number of rotatable bonds is 1. The highest BCUT2D eigenvalue weighted by Crippen LogP contribution is 2.39. The van der Waals surface area contributed by atoms with Crippen LogP contribution in [0.1, 0.15) is 6.42 Å². The van der Waals surface area contributed by atoms with Gasteiger partial charge in [-0.3, -0.25) is 4.79 Å². The number of carbonyl (C=O) groups excluding carboxylic acids is 1. The second kappa shape index (κ2) is 2.41. The van der Waals surface area contributed by atoms with Crippen molar-refractivity contribution in [3.05, 3.63) is 0 Å². The smallest absolute Gasteiger partial charge is 0.226 e. The van der Waals surface area contributed by atoms with E-state index in [1.807, 2.05) is 16.7 Å². The summed E-state index contributed by atoms with van der Waals surface area (Å²) in [5.74, 6) is 0.334. The van der Waals surface area contributed by atoms with Crippen LogP contribution in [0.4, 0.5) is 0 Å². The summed E-state index contributed by atoms with van der Waals surface area (Å²) in [4.78, 5) is 12.8. The van der Waals surface area contributed by atoms with Crippen molar-refractivity contribution in [3.8, 4) is 0 Å². The number of thioether (sulfide) groups is 1. The molecule has 56 valence electrons. The lowest BCUT2D eigenvalue weighted by molar-refractivity contribution is -0.140. The third kappa shape index (κ3) is 0.889. The Morgan fingerprint density at radius 3 is 3.10 bits per heavy atom. The summed E-state index contributed by atoms with van der Waals surface area (Å²) >= 11 is 5.34. The maximum Gasteiger partial charge on any atom is 0.226 e. The van der Waals surface area contributed by atoms with Crippen molar-refractivity contribution in [2.75, 3.05) is 11.9 Å². The summed E-state index contributed by atoms with van der Waals surface area (Å²) in [6.45, 7) is 0.958. The SMILES string of the molecule is O=C1C[C@H]2S[C@@H](CBr)CN12. The summed E-state index contributed by atoms with van der Waals surface area (Å²) in [6.07, 6.45) is 0.772. The first-order valence-electron chi connectivity index (χ1n) is 3.32. The molecule has 0 bridgehead atoms. The number of fused-ring (bicyclic) bond motifs is 1. The minimum Gasteiger partial charge on any atom is -0.329 e. The van der Waals surface area contributed by atoms with E-state index in [2.05, 4.69) is 15.9 Å². The molecule has 2 fully saturated rings. The van der Waals surface area contributed by atoms with Crippen LogP contribution in [0, 0.1) is 0 Å². The number of halogens is 1. The van der Waals surface area contributed by atoms with E-state index in [4.69, 9.17) is 0 Å². The van der Waals surface area contributed by atoms with Crippen LogP contribution in [0.2, 0.25) is 0 Å². The van der Waals surface area contributed by atoms with Crippen LogP contribution in [0.5, 0.6) is 0 Å². The standard InChI is InChI=1S/C6H8BrNOS/c7-2-4-3-8-5(9)1-6(8)10-4/h4,6H,1-3H2/t4-,6+/m0/s1. The summed E-state index contributed by atoms with van der Waals surface area (Å²) in [6, 6.07) is 0. The molecule has 2 rings (SSSR count). The molecule has 0 N–H and O–H groups in total. The van der Waals surface area contributed by atoms with E-state index < -0.39 is 0 Å². The van der Waals surface area contributed by atoms with Gasteiger partial charge in [0.05, 0.1) is 11.8 Å². The molecular weight excluding hydrogens is 214 g/mol. The molecule has 0 saturated carbocycles. The van der Waals surface area contributed by atoms with E-state index in [9.17, 15) is 4.79 Å². The fourth-order valence-corrected chi connectivity index (χ4v) is 3.35. The summed E-state index contributed by atoms with van der Waals surface area (Å²) < 4.78 is 0. The van der Waals surface area contributed by atoms with Crippen LogP contribution in [-0.2, 0) is 4.79 Å². The average molecular weight is 222 g/mol. The zero-order valence-corrected chi connectivity index (χ0v) is 7.82. The van der Waals surface area contributed by atoms with E-state index >= 15 is 0 Å². The highest BCUT2D eigenvalue weighted by Gasteiger charge is 2.44. The molecule has 2 heterocycles. The Hall–Kier alpha value is 0.300. The lowest BCUT2D eigenvalue weighted by atomic mass is 10.2. The van der Waals surface area contributed by atoms with Crippen molar-refractivity contribution in [2.24, 2.45) is 0 Å². The van der Waals surface area contributed by atoms with Crippen molar-refractivity contribution in [1.82, 2.24) is 4.90 Å². The Balaban J connectivity index is 1.99. The second-order valence-corrected chi connectivity index (χ2v) is 4.75. The van der Waals surface area contributed by atoms with E-state index in [-0.39, 0.29) is 0 Å². The van der Waals surface area contributed by atoms with Crippen molar-refractivity contribution in [3.63, 3.8) is 0 Å². The molecule has 0 spiro atoms. The van der Waals surface area contributed by atoms with Gasteiger partial charge in [0.2, 0.25) is 5.91 Å². The molecule has 1 amide bonds. The first kappa shape index (κ1) is 6.98. The van der Waals surface area contributed by atoms with E-state index in [1.165, 1.54) is 0 Å². The molecule has 2 aliphatic rings. The van der Waals surface area contributed by atoms with Crippen molar-refractivity contribution >= 4 is 33.6 Å². The van der Waals surface area contributed by atoms with Gasteiger partial charge in [-0.25, -0.2) is 0 Å². The van der Waals surface area contributed by atoms with Crippen LogP contribution < -0.4 is 0 Å². The monoisotopic (exact) mass is 221 g/mol. The maximum absolute atomic E-state index is 10.9. The first-order valence-corrected chi connectivity index (χ1v) is 5.38. The normalized spacial score (nSPS) is 37.7. The van der Waals surface area contributed by atoms with E-state index in [0.717, 1.165) is 18.3 Å². The number of nitrogens with zero attached hydrogens (tertiary/aromatic N) is 1. The summed E-state index contributed by atoms with van der Waals surface area (Å²) in [5, 5.41) is 2.17. The van der Waals surface area contributed by atoms with Crippen LogP contribution in [0.3, 0.4) is 0 Å². The van der Waals surface area contributed by atoms with Crippen LogP contribution in [0.25, 0.3) is 0 Å². The minimum atomic E-state index is 0.334. The highest BCUT2D eigenvalue weighted by molar-refractivity contribution is 9.09. The topological polar surface area (TPSA) is 20.3 Å². The van der Waals surface area contributed by atoms with Gasteiger partial charge in [0.1, 0.15) is 0 Å². The number of hydrogen-bond acceptors (Lipinski definition) is 2. The molecule has 2 aliphatic heterocycles. The highest BCUT2D eigenvalue weighted by atomic mass is 79.9.